The third-order valence-corrected chi connectivity index (χ3v) is 2.74. The van der Waals surface area contributed by atoms with E-state index in [1.165, 1.54) is 18.6 Å². The van der Waals surface area contributed by atoms with Gasteiger partial charge in [0, 0.05) is 5.57 Å². The van der Waals surface area contributed by atoms with Crippen LogP contribution in [0.3, 0.4) is 0 Å². The molecule has 1 atom stereocenters. The van der Waals surface area contributed by atoms with Gasteiger partial charge in [-0.3, -0.25) is 0 Å². The van der Waals surface area contributed by atoms with E-state index >= 15 is 0 Å². The Hall–Kier alpha value is -1.09. The van der Waals surface area contributed by atoms with Crippen molar-refractivity contribution in [1.29, 1.82) is 0 Å². The number of hydrogen-bond acceptors (Lipinski definition) is 4. The fourth-order valence-corrected chi connectivity index (χ4v) is 1.35. The highest BCUT2D eigenvalue weighted by atomic mass is 32.2. The van der Waals surface area contributed by atoms with Crippen LogP contribution in [0.2, 0.25) is 0 Å². The van der Waals surface area contributed by atoms with E-state index in [4.69, 9.17) is 0 Å². The molecular weight excluding hydrogens is 263 g/mol. The molecule has 0 rings (SSSR count). The van der Waals surface area contributed by atoms with Crippen molar-refractivity contribution in [2.75, 3.05) is 0 Å². The maximum atomic E-state index is 12.0. The van der Waals surface area contributed by atoms with Crippen molar-refractivity contribution in [3.8, 4) is 0 Å². The number of nitrogens with one attached hydrogen (secondary N) is 1. The fraction of sp³-hybridized carbons (Fsp3) is 0.625. The van der Waals surface area contributed by atoms with Gasteiger partial charge in [-0.25, -0.2) is 13.2 Å². The van der Waals surface area contributed by atoms with Gasteiger partial charge in [0.1, 0.15) is 0 Å². The summed E-state index contributed by atoms with van der Waals surface area (Å²) < 4.78 is 63.2. The first-order chi connectivity index (χ1) is 7.51. The normalized spacial score (nSPS) is 14.2. The summed E-state index contributed by atoms with van der Waals surface area (Å²) in [6.07, 6.45) is -1.72. The topological polar surface area (TPSA) is 72.5 Å². The molecule has 100 valence electrons. The Morgan fingerprint density at radius 2 is 1.94 bits per heavy atom. The van der Waals surface area contributed by atoms with Gasteiger partial charge in [-0.05, 0) is 13.3 Å². The number of ether oxygens (including phenoxy) is 1. The van der Waals surface area contributed by atoms with Gasteiger partial charge in [0.25, 0.3) is 0 Å². The Morgan fingerprint density at radius 3 is 2.24 bits per heavy atom. The Balaban J connectivity index is 4.74. The third-order valence-electron chi connectivity index (χ3n) is 1.56. The van der Waals surface area contributed by atoms with Crippen LogP contribution < -0.4 is 4.72 Å². The predicted octanol–water partition coefficient (Wildman–Crippen LogP) is 1.28. The van der Waals surface area contributed by atoms with Gasteiger partial charge < -0.3 is 4.74 Å². The minimum atomic E-state index is -5.54. The summed E-state index contributed by atoms with van der Waals surface area (Å²) in [7, 11) is -5.54. The molecule has 1 unspecified atom stereocenters. The molecule has 0 aromatic heterocycles. The van der Waals surface area contributed by atoms with Crippen LogP contribution in [0.25, 0.3) is 0 Å². The molecule has 5 nitrogen and oxygen atoms in total. The van der Waals surface area contributed by atoms with Gasteiger partial charge in [0.15, 0.2) is 6.23 Å². The minimum absolute atomic E-state index is 0.0466. The van der Waals surface area contributed by atoms with Crippen molar-refractivity contribution in [2.24, 2.45) is 0 Å². The van der Waals surface area contributed by atoms with E-state index in [1.807, 2.05) is 0 Å². The van der Waals surface area contributed by atoms with E-state index in [0.29, 0.717) is 0 Å². The van der Waals surface area contributed by atoms with E-state index in [1.54, 1.807) is 0 Å². The highest BCUT2D eigenvalue weighted by Gasteiger charge is 2.47. The average molecular weight is 275 g/mol. The molecule has 17 heavy (non-hydrogen) atoms. The molecule has 0 aromatic carbocycles. The summed E-state index contributed by atoms with van der Waals surface area (Å²) in [6, 6.07) is 0. The molecule has 0 radical (unpaired) electrons. The number of alkyl halides is 3. The van der Waals surface area contributed by atoms with Gasteiger partial charge in [-0.15, -0.1) is 0 Å². The second-order valence-corrected chi connectivity index (χ2v) is 4.86. The lowest BCUT2D eigenvalue weighted by atomic mass is 10.3. The smallest absolute Gasteiger partial charge is 0.442 e. The molecule has 1 N–H and O–H groups in total. The van der Waals surface area contributed by atoms with Crippen molar-refractivity contribution < 1.29 is 31.1 Å². The standard InChI is InChI=1S/C8H12F3NO4S/c1-4-6(16-7(13)5(2)3)12-17(14,15)8(9,10)11/h6,12H,2,4H2,1,3H3. The summed E-state index contributed by atoms with van der Waals surface area (Å²) in [5, 5.41) is 0. The molecule has 0 aliphatic carbocycles. The van der Waals surface area contributed by atoms with Crippen molar-refractivity contribution in [1.82, 2.24) is 4.72 Å². The lowest BCUT2D eigenvalue weighted by Crippen LogP contribution is -2.44. The molecule has 0 aliphatic heterocycles. The number of esters is 1. The first-order valence-corrected chi connectivity index (χ1v) is 5.94. The Bertz CT molecular complexity index is 401. The van der Waals surface area contributed by atoms with E-state index in [2.05, 4.69) is 11.3 Å². The molecule has 0 aromatic rings. The quantitative estimate of drug-likeness (QED) is 0.466. The molecule has 0 spiro atoms. The van der Waals surface area contributed by atoms with Crippen LogP contribution >= 0.6 is 0 Å². The summed E-state index contributed by atoms with van der Waals surface area (Å²) in [5.74, 6) is -0.971. The number of rotatable bonds is 5. The Morgan fingerprint density at radius 1 is 1.47 bits per heavy atom. The fourth-order valence-electron chi connectivity index (χ4n) is 0.660. The molecule has 0 aliphatic rings. The zero-order valence-corrected chi connectivity index (χ0v) is 9.98. The molecule has 0 amide bonds. The monoisotopic (exact) mass is 275 g/mol. The van der Waals surface area contributed by atoms with E-state index in [9.17, 15) is 26.4 Å². The lowest BCUT2D eigenvalue weighted by molar-refractivity contribution is -0.145. The molecule has 9 heteroatoms. The van der Waals surface area contributed by atoms with E-state index in [0.717, 1.165) is 0 Å². The van der Waals surface area contributed by atoms with Crippen LogP contribution in [0.15, 0.2) is 12.2 Å². The van der Waals surface area contributed by atoms with Crippen LogP contribution in [0.1, 0.15) is 20.3 Å². The number of hydrogen-bond donors (Lipinski definition) is 1. The van der Waals surface area contributed by atoms with Gasteiger partial charge in [0.05, 0.1) is 0 Å². The van der Waals surface area contributed by atoms with Crippen molar-refractivity contribution in [2.45, 2.75) is 32.0 Å². The van der Waals surface area contributed by atoms with Crippen LogP contribution in [0.5, 0.6) is 0 Å². The van der Waals surface area contributed by atoms with Crippen LogP contribution in [-0.2, 0) is 19.6 Å². The van der Waals surface area contributed by atoms with Crippen LogP contribution in [0, 0.1) is 0 Å². The summed E-state index contributed by atoms with van der Waals surface area (Å²) in [6.45, 7) is 5.86. The first kappa shape index (κ1) is 15.9. The van der Waals surface area contributed by atoms with E-state index in [-0.39, 0.29) is 12.0 Å². The SMILES string of the molecule is C=C(C)C(=O)OC(CC)NS(=O)(=O)C(F)(F)F. The minimum Gasteiger partial charge on any atom is -0.442 e. The number of carbonyl (C=O) groups is 1. The highest BCUT2D eigenvalue weighted by Crippen LogP contribution is 2.22. The van der Waals surface area contributed by atoms with Crippen LogP contribution in [0.4, 0.5) is 13.2 Å². The molecule has 0 bridgehead atoms. The van der Waals surface area contributed by atoms with E-state index < -0.39 is 27.7 Å². The zero-order chi connectivity index (χ0) is 13.9. The van der Waals surface area contributed by atoms with Gasteiger partial charge in [-0.2, -0.15) is 17.9 Å². The Kier molecular flexibility index (Phi) is 5.14. The number of sulfonamides is 1. The maximum absolute atomic E-state index is 12.0. The predicted molar refractivity (Wildman–Crippen MR) is 53.1 cm³/mol. The largest absolute Gasteiger partial charge is 0.511 e. The highest BCUT2D eigenvalue weighted by molar-refractivity contribution is 7.90. The molecule has 0 saturated heterocycles. The average Bonchev–Trinajstić information content (AvgIpc) is 2.14. The molecule has 0 saturated carbocycles. The molecule has 0 fully saturated rings. The van der Waals surface area contributed by atoms with Crippen molar-refractivity contribution in [3.05, 3.63) is 12.2 Å². The maximum Gasteiger partial charge on any atom is 0.511 e. The van der Waals surface area contributed by atoms with Crippen LogP contribution in [-0.4, -0.2) is 26.1 Å². The lowest BCUT2D eigenvalue weighted by Gasteiger charge is -2.18. The van der Waals surface area contributed by atoms with Gasteiger partial charge >= 0.3 is 21.5 Å². The number of carbonyl (C=O) groups excluding carboxylic acids is 1. The second-order valence-electron chi connectivity index (χ2n) is 3.15. The van der Waals surface area contributed by atoms with Crippen molar-refractivity contribution >= 4 is 16.0 Å². The first-order valence-electron chi connectivity index (χ1n) is 4.46. The second kappa shape index (κ2) is 5.50. The van der Waals surface area contributed by atoms with Crippen molar-refractivity contribution in [3.63, 3.8) is 0 Å². The molecular formula is C8H12F3NO4S. The summed E-state index contributed by atoms with van der Waals surface area (Å²) in [4.78, 5) is 11.0. The summed E-state index contributed by atoms with van der Waals surface area (Å²) in [5.41, 5.74) is -5.49. The third kappa shape index (κ3) is 4.73. The van der Waals surface area contributed by atoms with Gasteiger partial charge in [0.2, 0.25) is 0 Å². The summed E-state index contributed by atoms with van der Waals surface area (Å²) >= 11 is 0. The Labute approximate surface area is 96.7 Å². The number of halogens is 3. The zero-order valence-electron chi connectivity index (χ0n) is 9.17. The molecule has 0 heterocycles. The van der Waals surface area contributed by atoms with Gasteiger partial charge in [-0.1, -0.05) is 13.5 Å².